The summed E-state index contributed by atoms with van der Waals surface area (Å²) in [6.45, 7) is 3.96. The van der Waals surface area contributed by atoms with Gasteiger partial charge in [-0.1, -0.05) is 47.7 Å². The molecule has 0 bridgehead atoms. The second-order valence-electron chi connectivity index (χ2n) is 7.05. The highest BCUT2D eigenvalue weighted by Gasteiger charge is 2.20. The van der Waals surface area contributed by atoms with Crippen LogP contribution in [0.25, 0.3) is 17.1 Å². The van der Waals surface area contributed by atoms with Crippen LogP contribution in [0.3, 0.4) is 0 Å². The van der Waals surface area contributed by atoms with Gasteiger partial charge in [0.2, 0.25) is 5.91 Å². The van der Waals surface area contributed by atoms with Crippen molar-refractivity contribution in [1.29, 1.82) is 0 Å². The normalized spacial score (nSPS) is 12.0. The summed E-state index contributed by atoms with van der Waals surface area (Å²) in [5, 5.41) is 14.0. The zero-order valence-corrected chi connectivity index (χ0v) is 18.7. The largest absolute Gasteiger partial charge is 0.348 e. The summed E-state index contributed by atoms with van der Waals surface area (Å²) in [5.41, 5.74) is 2.28. The van der Waals surface area contributed by atoms with Crippen molar-refractivity contribution in [2.45, 2.75) is 25.0 Å². The third-order valence-corrected chi connectivity index (χ3v) is 6.70. The Labute approximate surface area is 188 Å². The van der Waals surface area contributed by atoms with Gasteiger partial charge in [-0.05, 0) is 49.6 Å². The van der Waals surface area contributed by atoms with Gasteiger partial charge in [0.15, 0.2) is 11.0 Å². The molecule has 5 nitrogen and oxygen atoms in total. The lowest BCUT2D eigenvalue weighted by Gasteiger charge is -2.13. The molecular weight excluding hydrogens is 431 g/mol. The Hall–Kier alpha value is -2.97. The molecule has 0 saturated carbocycles. The first-order valence-electron chi connectivity index (χ1n) is 9.76. The minimum absolute atomic E-state index is 0.0583. The topological polar surface area (TPSA) is 59.8 Å². The first-order chi connectivity index (χ1) is 15.0. The molecular formula is C23H21FN4OS2. The predicted molar refractivity (Wildman–Crippen MR) is 123 cm³/mol. The Balaban J connectivity index is 1.59. The van der Waals surface area contributed by atoms with E-state index in [0.717, 1.165) is 16.1 Å². The lowest BCUT2D eigenvalue weighted by Crippen LogP contribution is -2.27. The SMILES string of the molecule is Cc1ccc(-n2c(SCC(=O)NC(C)c3cccs3)nnc2-c2ccccc2F)cc1. The lowest BCUT2D eigenvalue weighted by atomic mass is 10.2. The molecule has 2 aromatic carbocycles. The predicted octanol–water partition coefficient (Wildman–Crippen LogP) is 5.41. The molecule has 2 aromatic heterocycles. The van der Waals surface area contributed by atoms with E-state index in [1.165, 1.54) is 17.8 Å². The summed E-state index contributed by atoms with van der Waals surface area (Å²) in [5.74, 6) is 0.104. The van der Waals surface area contributed by atoms with Crippen molar-refractivity contribution in [3.8, 4) is 17.1 Å². The second-order valence-corrected chi connectivity index (χ2v) is 8.97. The highest BCUT2D eigenvalue weighted by Crippen LogP contribution is 2.29. The van der Waals surface area contributed by atoms with E-state index in [1.54, 1.807) is 34.1 Å². The smallest absolute Gasteiger partial charge is 0.230 e. The molecule has 0 spiro atoms. The van der Waals surface area contributed by atoms with Crippen molar-refractivity contribution in [3.05, 3.63) is 82.3 Å². The van der Waals surface area contributed by atoms with E-state index in [-0.39, 0.29) is 23.5 Å². The van der Waals surface area contributed by atoms with Gasteiger partial charge in [-0.15, -0.1) is 21.5 Å². The fourth-order valence-corrected chi connectivity index (χ4v) is 4.63. The molecule has 1 N–H and O–H groups in total. The average molecular weight is 453 g/mol. The molecule has 8 heteroatoms. The van der Waals surface area contributed by atoms with Gasteiger partial charge in [-0.2, -0.15) is 0 Å². The molecule has 0 radical (unpaired) electrons. The van der Waals surface area contributed by atoms with Gasteiger partial charge < -0.3 is 5.32 Å². The number of halogens is 1. The van der Waals surface area contributed by atoms with E-state index in [9.17, 15) is 9.18 Å². The molecule has 158 valence electrons. The number of hydrogen-bond acceptors (Lipinski definition) is 5. The number of benzene rings is 2. The Bertz CT molecular complexity index is 1170. The molecule has 2 heterocycles. The zero-order chi connectivity index (χ0) is 21.8. The van der Waals surface area contributed by atoms with Crippen LogP contribution in [-0.2, 0) is 4.79 Å². The number of aromatic nitrogens is 3. The van der Waals surface area contributed by atoms with E-state index in [1.807, 2.05) is 55.6 Å². The Morgan fingerprint density at radius 2 is 1.90 bits per heavy atom. The third kappa shape index (κ3) is 4.86. The molecule has 0 aliphatic rings. The number of nitrogens with one attached hydrogen (secondary N) is 1. The molecule has 4 rings (SSSR count). The molecule has 0 aliphatic carbocycles. The van der Waals surface area contributed by atoms with E-state index >= 15 is 0 Å². The zero-order valence-electron chi connectivity index (χ0n) is 17.1. The summed E-state index contributed by atoms with van der Waals surface area (Å²) in [4.78, 5) is 13.6. The van der Waals surface area contributed by atoms with Gasteiger partial charge in [-0.3, -0.25) is 9.36 Å². The molecule has 0 aliphatic heterocycles. The Kier molecular flexibility index (Phi) is 6.48. The standard InChI is InChI=1S/C23H21FN4OS2/c1-15-9-11-17(12-10-15)28-22(18-6-3-4-7-19(18)24)26-27-23(28)31-14-21(29)25-16(2)20-8-5-13-30-20/h3-13,16H,14H2,1-2H3,(H,25,29). The molecule has 0 saturated heterocycles. The Morgan fingerprint density at radius 1 is 1.13 bits per heavy atom. The van der Waals surface area contributed by atoms with E-state index in [0.29, 0.717) is 16.5 Å². The number of carbonyl (C=O) groups is 1. The first-order valence-corrected chi connectivity index (χ1v) is 11.6. The first kappa shape index (κ1) is 21.3. The Morgan fingerprint density at radius 3 is 2.61 bits per heavy atom. The van der Waals surface area contributed by atoms with Crippen LogP contribution in [0.4, 0.5) is 4.39 Å². The maximum atomic E-state index is 14.5. The van der Waals surface area contributed by atoms with Crippen LogP contribution >= 0.6 is 23.1 Å². The maximum Gasteiger partial charge on any atom is 0.230 e. The van der Waals surface area contributed by atoms with Gasteiger partial charge in [0.05, 0.1) is 17.4 Å². The molecule has 4 aromatic rings. The van der Waals surface area contributed by atoms with Gasteiger partial charge in [-0.25, -0.2) is 4.39 Å². The van der Waals surface area contributed by atoms with Crippen LogP contribution in [-0.4, -0.2) is 26.4 Å². The minimum Gasteiger partial charge on any atom is -0.348 e. The number of carbonyl (C=O) groups excluding carboxylic acids is 1. The van der Waals surface area contributed by atoms with Gasteiger partial charge in [0, 0.05) is 10.6 Å². The quantitative estimate of drug-likeness (QED) is 0.381. The van der Waals surface area contributed by atoms with Crippen LogP contribution in [0.1, 0.15) is 23.4 Å². The van der Waals surface area contributed by atoms with Crippen LogP contribution in [0, 0.1) is 12.7 Å². The monoisotopic (exact) mass is 452 g/mol. The maximum absolute atomic E-state index is 14.5. The van der Waals surface area contributed by atoms with Crippen molar-refractivity contribution >= 4 is 29.0 Å². The summed E-state index contributed by atoms with van der Waals surface area (Å²) >= 11 is 2.88. The molecule has 31 heavy (non-hydrogen) atoms. The van der Waals surface area contributed by atoms with Crippen LogP contribution in [0.5, 0.6) is 0 Å². The van der Waals surface area contributed by atoms with Crippen molar-refractivity contribution in [2.75, 3.05) is 5.75 Å². The van der Waals surface area contributed by atoms with Crippen LogP contribution in [0.15, 0.2) is 71.2 Å². The van der Waals surface area contributed by atoms with Gasteiger partial charge in [0.1, 0.15) is 5.82 Å². The fourth-order valence-electron chi connectivity index (χ4n) is 3.13. The van der Waals surface area contributed by atoms with Crippen molar-refractivity contribution < 1.29 is 9.18 Å². The molecule has 1 amide bonds. The van der Waals surface area contributed by atoms with Gasteiger partial charge >= 0.3 is 0 Å². The molecule has 1 atom stereocenters. The minimum atomic E-state index is -0.373. The van der Waals surface area contributed by atoms with E-state index in [2.05, 4.69) is 15.5 Å². The van der Waals surface area contributed by atoms with Crippen molar-refractivity contribution in [2.24, 2.45) is 0 Å². The summed E-state index contributed by atoms with van der Waals surface area (Å²) in [6.07, 6.45) is 0. The third-order valence-electron chi connectivity index (χ3n) is 4.72. The van der Waals surface area contributed by atoms with E-state index in [4.69, 9.17) is 0 Å². The van der Waals surface area contributed by atoms with E-state index < -0.39 is 0 Å². The number of amides is 1. The average Bonchev–Trinajstić information content (AvgIpc) is 3.44. The summed E-state index contributed by atoms with van der Waals surface area (Å²) < 4.78 is 16.3. The highest BCUT2D eigenvalue weighted by molar-refractivity contribution is 7.99. The number of thiophene rings is 1. The number of rotatable bonds is 7. The number of thioether (sulfide) groups is 1. The van der Waals surface area contributed by atoms with Gasteiger partial charge in [0.25, 0.3) is 0 Å². The summed E-state index contributed by atoms with van der Waals surface area (Å²) in [6, 6.07) is 18.2. The van der Waals surface area contributed by atoms with Crippen molar-refractivity contribution in [1.82, 2.24) is 20.1 Å². The number of hydrogen-bond donors (Lipinski definition) is 1. The summed E-state index contributed by atoms with van der Waals surface area (Å²) in [7, 11) is 0. The fraction of sp³-hybridized carbons (Fsp3) is 0.174. The van der Waals surface area contributed by atoms with Crippen LogP contribution in [0.2, 0.25) is 0 Å². The molecule has 0 fully saturated rings. The van der Waals surface area contributed by atoms with Crippen LogP contribution < -0.4 is 5.32 Å². The number of nitrogens with zero attached hydrogens (tertiary/aromatic N) is 3. The highest BCUT2D eigenvalue weighted by atomic mass is 32.2. The van der Waals surface area contributed by atoms with Crippen molar-refractivity contribution in [3.63, 3.8) is 0 Å². The lowest BCUT2D eigenvalue weighted by molar-refractivity contribution is -0.119. The molecule has 1 unspecified atom stereocenters. The number of aryl methyl sites for hydroxylation is 1. The second kappa shape index (κ2) is 9.45.